The molecule has 0 aliphatic carbocycles. The third-order valence-electron chi connectivity index (χ3n) is 3.70. The van der Waals surface area contributed by atoms with Gasteiger partial charge in [0, 0.05) is 32.2 Å². The number of nitrogens with one attached hydrogen (secondary N) is 1. The summed E-state index contributed by atoms with van der Waals surface area (Å²) in [5.41, 5.74) is 0. The first-order valence-corrected chi connectivity index (χ1v) is 6.80. The van der Waals surface area contributed by atoms with E-state index in [4.69, 9.17) is 0 Å². The molecule has 1 aliphatic heterocycles. The number of nitrogens with zero attached hydrogens (tertiary/aromatic N) is 2. The molecule has 1 unspecified atom stereocenters. The van der Waals surface area contributed by atoms with Crippen LogP contribution in [0.15, 0.2) is 0 Å². The molecule has 96 valence electrons. The van der Waals surface area contributed by atoms with Crippen LogP contribution in [0.1, 0.15) is 32.6 Å². The fourth-order valence-electron chi connectivity index (χ4n) is 2.18. The Morgan fingerprint density at radius 1 is 1.06 bits per heavy atom. The topological polar surface area (TPSA) is 18.5 Å². The van der Waals surface area contributed by atoms with Gasteiger partial charge in [-0.25, -0.2) is 0 Å². The lowest BCUT2D eigenvalue weighted by atomic mass is 10.1. The van der Waals surface area contributed by atoms with Crippen molar-refractivity contribution in [3.63, 3.8) is 0 Å². The summed E-state index contributed by atoms with van der Waals surface area (Å²) in [6.45, 7) is 8.60. The Labute approximate surface area is 101 Å². The fraction of sp³-hybridized carbons (Fsp3) is 1.00. The van der Waals surface area contributed by atoms with Crippen LogP contribution in [0.5, 0.6) is 0 Å². The van der Waals surface area contributed by atoms with Crippen LogP contribution in [0, 0.1) is 0 Å². The molecular weight excluding hydrogens is 198 g/mol. The smallest absolute Gasteiger partial charge is 0.0110 e. The van der Waals surface area contributed by atoms with Gasteiger partial charge in [-0.1, -0.05) is 12.8 Å². The molecule has 0 spiro atoms. The summed E-state index contributed by atoms with van der Waals surface area (Å²) in [6.07, 6.45) is 5.45. The van der Waals surface area contributed by atoms with Crippen molar-refractivity contribution in [3.05, 3.63) is 0 Å². The van der Waals surface area contributed by atoms with Crippen molar-refractivity contribution in [1.29, 1.82) is 0 Å². The number of likely N-dealkylation sites (N-methyl/N-ethyl adjacent to an activating group) is 1. The first kappa shape index (κ1) is 13.9. The van der Waals surface area contributed by atoms with Gasteiger partial charge in [0.2, 0.25) is 0 Å². The van der Waals surface area contributed by atoms with E-state index in [2.05, 4.69) is 36.1 Å². The van der Waals surface area contributed by atoms with Crippen LogP contribution in [0.4, 0.5) is 0 Å². The maximum absolute atomic E-state index is 3.29. The maximum Gasteiger partial charge on any atom is 0.0110 e. The first-order valence-electron chi connectivity index (χ1n) is 6.80. The molecule has 1 aliphatic rings. The average molecular weight is 227 g/mol. The number of hydrogen-bond acceptors (Lipinski definition) is 3. The van der Waals surface area contributed by atoms with Gasteiger partial charge in [-0.05, 0) is 40.4 Å². The molecule has 1 heterocycles. The molecule has 0 bridgehead atoms. The lowest BCUT2D eigenvalue weighted by Crippen LogP contribution is -2.44. The molecule has 1 saturated heterocycles. The zero-order chi connectivity index (χ0) is 11.8. The van der Waals surface area contributed by atoms with Gasteiger partial charge in [0.05, 0.1) is 0 Å². The van der Waals surface area contributed by atoms with Gasteiger partial charge in [-0.2, -0.15) is 0 Å². The molecule has 3 nitrogen and oxygen atoms in total. The van der Waals surface area contributed by atoms with Crippen molar-refractivity contribution in [1.82, 2.24) is 15.1 Å². The van der Waals surface area contributed by atoms with Crippen molar-refractivity contribution in [2.45, 2.75) is 38.6 Å². The zero-order valence-electron chi connectivity index (χ0n) is 11.3. The van der Waals surface area contributed by atoms with E-state index in [1.54, 1.807) is 0 Å². The molecule has 0 aromatic heterocycles. The van der Waals surface area contributed by atoms with Crippen molar-refractivity contribution < 1.29 is 0 Å². The molecule has 0 radical (unpaired) electrons. The number of piperazine rings is 1. The average Bonchev–Trinajstić information content (AvgIpc) is 2.31. The van der Waals surface area contributed by atoms with E-state index in [-0.39, 0.29) is 0 Å². The minimum absolute atomic E-state index is 0.684. The van der Waals surface area contributed by atoms with E-state index >= 15 is 0 Å². The van der Waals surface area contributed by atoms with Crippen LogP contribution in [0.25, 0.3) is 0 Å². The summed E-state index contributed by atoms with van der Waals surface area (Å²) >= 11 is 0. The minimum Gasteiger partial charge on any atom is -0.317 e. The highest BCUT2D eigenvalue weighted by Gasteiger charge is 2.12. The Hall–Kier alpha value is -0.120. The summed E-state index contributed by atoms with van der Waals surface area (Å²) in [4.78, 5) is 5.03. The van der Waals surface area contributed by atoms with Gasteiger partial charge < -0.3 is 15.1 Å². The largest absolute Gasteiger partial charge is 0.317 e. The van der Waals surface area contributed by atoms with Gasteiger partial charge in [-0.15, -0.1) is 0 Å². The van der Waals surface area contributed by atoms with Crippen molar-refractivity contribution in [2.24, 2.45) is 0 Å². The monoisotopic (exact) mass is 227 g/mol. The predicted octanol–water partition coefficient (Wildman–Crippen LogP) is 1.40. The molecule has 0 aromatic rings. The summed E-state index contributed by atoms with van der Waals surface area (Å²) < 4.78 is 0. The predicted molar refractivity (Wildman–Crippen MR) is 70.9 cm³/mol. The van der Waals surface area contributed by atoms with Crippen LogP contribution in [-0.4, -0.2) is 62.7 Å². The van der Waals surface area contributed by atoms with Crippen LogP contribution in [-0.2, 0) is 0 Å². The maximum atomic E-state index is 3.29. The summed E-state index contributed by atoms with van der Waals surface area (Å²) in [7, 11) is 4.27. The summed E-state index contributed by atoms with van der Waals surface area (Å²) in [5.74, 6) is 0. The molecule has 1 N–H and O–H groups in total. The van der Waals surface area contributed by atoms with Crippen molar-refractivity contribution >= 4 is 0 Å². The Bertz CT molecular complexity index is 165. The Morgan fingerprint density at radius 2 is 1.75 bits per heavy atom. The molecule has 3 heteroatoms. The van der Waals surface area contributed by atoms with Gasteiger partial charge in [0.15, 0.2) is 0 Å². The van der Waals surface area contributed by atoms with Crippen LogP contribution in [0.2, 0.25) is 0 Å². The summed E-state index contributed by atoms with van der Waals surface area (Å²) in [6, 6.07) is 0.684. The Kier molecular flexibility index (Phi) is 7.01. The van der Waals surface area contributed by atoms with Gasteiger partial charge >= 0.3 is 0 Å². The molecule has 1 fully saturated rings. The van der Waals surface area contributed by atoms with Crippen molar-refractivity contribution in [3.8, 4) is 0 Å². The Morgan fingerprint density at radius 3 is 2.38 bits per heavy atom. The van der Waals surface area contributed by atoms with E-state index < -0.39 is 0 Å². The van der Waals surface area contributed by atoms with E-state index in [9.17, 15) is 0 Å². The normalized spacial score (nSPS) is 21.2. The second kappa shape index (κ2) is 8.04. The van der Waals surface area contributed by atoms with E-state index in [0.717, 1.165) is 0 Å². The zero-order valence-corrected chi connectivity index (χ0v) is 11.3. The molecule has 0 aromatic carbocycles. The molecule has 1 rings (SSSR count). The SMILES string of the molecule is CNC(C)CCCCCN1CCN(C)CC1. The van der Waals surface area contributed by atoms with E-state index in [1.807, 2.05) is 0 Å². The van der Waals surface area contributed by atoms with Crippen LogP contribution < -0.4 is 5.32 Å². The van der Waals surface area contributed by atoms with Crippen LogP contribution >= 0.6 is 0 Å². The number of hydrogen-bond donors (Lipinski definition) is 1. The molecular formula is C13H29N3. The lowest BCUT2D eigenvalue weighted by molar-refractivity contribution is 0.152. The molecule has 16 heavy (non-hydrogen) atoms. The minimum atomic E-state index is 0.684. The lowest BCUT2D eigenvalue weighted by Gasteiger charge is -2.32. The Balaban J connectivity index is 1.91. The second-order valence-corrected chi connectivity index (χ2v) is 5.18. The molecule has 0 amide bonds. The number of rotatable bonds is 7. The number of unbranched alkanes of at least 4 members (excludes halogenated alkanes) is 2. The van der Waals surface area contributed by atoms with E-state index in [0.29, 0.717) is 6.04 Å². The fourth-order valence-corrected chi connectivity index (χ4v) is 2.18. The second-order valence-electron chi connectivity index (χ2n) is 5.18. The standard InChI is InChI=1S/C13H29N3/c1-13(14-2)7-5-4-6-8-16-11-9-15(3)10-12-16/h13-14H,4-12H2,1-3H3. The first-order chi connectivity index (χ1) is 7.72. The van der Waals surface area contributed by atoms with Gasteiger partial charge in [0.1, 0.15) is 0 Å². The van der Waals surface area contributed by atoms with Crippen LogP contribution in [0.3, 0.4) is 0 Å². The van der Waals surface area contributed by atoms with Gasteiger partial charge in [-0.3, -0.25) is 0 Å². The highest BCUT2D eigenvalue weighted by Crippen LogP contribution is 2.06. The van der Waals surface area contributed by atoms with E-state index in [1.165, 1.54) is 58.4 Å². The van der Waals surface area contributed by atoms with Gasteiger partial charge in [0.25, 0.3) is 0 Å². The highest BCUT2D eigenvalue weighted by molar-refractivity contribution is 4.69. The highest BCUT2D eigenvalue weighted by atomic mass is 15.2. The molecule has 1 atom stereocenters. The third-order valence-corrected chi connectivity index (χ3v) is 3.70. The third kappa shape index (κ3) is 5.83. The molecule has 0 saturated carbocycles. The quantitative estimate of drug-likeness (QED) is 0.663. The van der Waals surface area contributed by atoms with Crippen molar-refractivity contribution in [2.75, 3.05) is 46.8 Å². The summed E-state index contributed by atoms with van der Waals surface area (Å²) in [5, 5.41) is 3.29.